The van der Waals surface area contributed by atoms with Crippen LogP contribution in [-0.2, 0) is 9.09 Å². The van der Waals surface area contributed by atoms with Gasteiger partial charge in [0.15, 0.2) is 0 Å². The zero-order valence-corrected chi connectivity index (χ0v) is 8.74. The van der Waals surface area contributed by atoms with Crippen LogP contribution < -0.4 is 0 Å². The van der Waals surface area contributed by atoms with Crippen molar-refractivity contribution >= 4 is 7.82 Å². The zero-order chi connectivity index (χ0) is 9.90. The smallest absolute Gasteiger partial charge is 0.303 e. The Bertz CT molecular complexity index is 200. The van der Waals surface area contributed by atoms with E-state index in [0.717, 1.165) is 32.1 Å². The third-order valence-electron chi connectivity index (χ3n) is 2.64. The van der Waals surface area contributed by atoms with E-state index < -0.39 is 7.82 Å². The van der Waals surface area contributed by atoms with Crippen molar-refractivity contribution < 1.29 is 18.9 Å². The molecule has 13 heavy (non-hydrogen) atoms. The SMILES string of the molecule is CCC1CCCCC1OP(=O)(O)O. The minimum atomic E-state index is -4.28. The molecule has 2 unspecified atom stereocenters. The summed E-state index contributed by atoms with van der Waals surface area (Å²) in [6.07, 6.45) is 4.68. The van der Waals surface area contributed by atoms with E-state index >= 15 is 0 Å². The van der Waals surface area contributed by atoms with Crippen molar-refractivity contribution in [1.82, 2.24) is 0 Å². The predicted octanol–water partition coefficient (Wildman–Crippen LogP) is 2.06. The second kappa shape index (κ2) is 4.56. The zero-order valence-electron chi connectivity index (χ0n) is 7.85. The lowest BCUT2D eigenvalue weighted by Gasteiger charge is -2.30. The third kappa shape index (κ3) is 3.77. The molecular formula is C8H17O4P. The maximum Gasteiger partial charge on any atom is 0.469 e. The standard InChI is InChI=1S/C8H17O4P/c1-2-7-5-3-4-6-8(7)12-13(9,10)11/h7-8H,2-6H2,1H3,(H2,9,10,11). The molecule has 5 heteroatoms. The molecule has 2 atom stereocenters. The van der Waals surface area contributed by atoms with Crippen LogP contribution in [0.25, 0.3) is 0 Å². The van der Waals surface area contributed by atoms with E-state index in [1.54, 1.807) is 0 Å². The van der Waals surface area contributed by atoms with Crippen molar-refractivity contribution in [2.24, 2.45) is 5.92 Å². The van der Waals surface area contributed by atoms with Crippen LogP contribution in [0.1, 0.15) is 39.0 Å². The van der Waals surface area contributed by atoms with Gasteiger partial charge in [-0.1, -0.05) is 26.2 Å². The Morgan fingerprint density at radius 2 is 2.00 bits per heavy atom. The van der Waals surface area contributed by atoms with E-state index in [4.69, 9.17) is 14.3 Å². The van der Waals surface area contributed by atoms with E-state index in [1.165, 1.54) is 0 Å². The van der Waals surface area contributed by atoms with Gasteiger partial charge in [-0.3, -0.25) is 4.52 Å². The number of phosphoric ester groups is 1. The lowest BCUT2D eigenvalue weighted by molar-refractivity contribution is 0.0574. The molecule has 0 aromatic heterocycles. The van der Waals surface area contributed by atoms with Crippen LogP contribution in [0.4, 0.5) is 0 Å². The topological polar surface area (TPSA) is 66.8 Å². The van der Waals surface area contributed by atoms with Crippen LogP contribution in [0.2, 0.25) is 0 Å². The first-order chi connectivity index (χ1) is 6.03. The molecule has 4 nitrogen and oxygen atoms in total. The highest BCUT2D eigenvalue weighted by atomic mass is 31.2. The van der Waals surface area contributed by atoms with Gasteiger partial charge in [-0.05, 0) is 18.8 Å². The Balaban J connectivity index is 2.50. The second-order valence-corrected chi connectivity index (χ2v) is 4.78. The Hall–Kier alpha value is 0.110. The van der Waals surface area contributed by atoms with Crippen molar-refractivity contribution in [3.05, 3.63) is 0 Å². The molecule has 0 heterocycles. The van der Waals surface area contributed by atoms with Crippen molar-refractivity contribution in [3.63, 3.8) is 0 Å². The van der Waals surface area contributed by atoms with Crippen LogP contribution >= 0.6 is 7.82 Å². The maximum atomic E-state index is 10.6. The first-order valence-electron chi connectivity index (χ1n) is 4.77. The van der Waals surface area contributed by atoms with E-state index in [1.807, 2.05) is 6.92 Å². The summed E-state index contributed by atoms with van der Waals surface area (Å²) in [5.41, 5.74) is 0. The van der Waals surface area contributed by atoms with Gasteiger partial charge in [0.05, 0.1) is 6.10 Å². The third-order valence-corrected chi connectivity index (χ3v) is 3.18. The van der Waals surface area contributed by atoms with Crippen molar-refractivity contribution in [2.75, 3.05) is 0 Å². The molecule has 0 radical (unpaired) electrons. The highest BCUT2D eigenvalue weighted by molar-refractivity contribution is 7.46. The molecule has 2 N–H and O–H groups in total. The highest BCUT2D eigenvalue weighted by Crippen LogP contribution is 2.43. The molecule has 1 aliphatic carbocycles. The Kier molecular flexibility index (Phi) is 3.92. The van der Waals surface area contributed by atoms with E-state index in [-0.39, 0.29) is 6.10 Å². The summed E-state index contributed by atoms with van der Waals surface area (Å²) < 4.78 is 15.4. The summed E-state index contributed by atoms with van der Waals surface area (Å²) in [5.74, 6) is 0.321. The minimum absolute atomic E-state index is 0.236. The van der Waals surface area contributed by atoms with Crippen molar-refractivity contribution in [2.45, 2.75) is 45.1 Å². The molecule has 1 rings (SSSR count). The van der Waals surface area contributed by atoms with E-state index in [2.05, 4.69) is 0 Å². The van der Waals surface area contributed by atoms with Gasteiger partial charge < -0.3 is 9.79 Å². The van der Waals surface area contributed by atoms with Gasteiger partial charge in [0.2, 0.25) is 0 Å². The highest BCUT2D eigenvalue weighted by Gasteiger charge is 2.30. The quantitative estimate of drug-likeness (QED) is 0.696. The summed E-state index contributed by atoms with van der Waals surface area (Å²) in [4.78, 5) is 17.3. The minimum Gasteiger partial charge on any atom is -0.303 e. The summed E-state index contributed by atoms with van der Waals surface area (Å²) in [7, 11) is -4.28. The summed E-state index contributed by atoms with van der Waals surface area (Å²) in [6, 6.07) is 0. The first-order valence-corrected chi connectivity index (χ1v) is 6.30. The fourth-order valence-corrected chi connectivity index (χ4v) is 2.59. The van der Waals surface area contributed by atoms with Gasteiger partial charge in [0, 0.05) is 0 Å². The molecule has 0 aliphatic heterocycles. The lowest BCUT2D eigenvalue weighted by atomic mass is 9.85. The van der Waals surface area contributed by atoms with Crippen LogP contribution in [-0.4, -0.2) is 15.9 Å². The number of phosphoric acid groups is 1. The summed E-state index contributed by atoms with van der Waals surface area (Å²) >= 11 is 0. The molecule has 0 spiro atoms. The molecule has 0 saturated heterocycles. The van der Waals surface area contributed by atoms with Crippen LogP contribution in [0, 0.1) is 5.92 Å². The Morgan fingerprint density at radius 1 is 1.38 bits per heavy atom. The molecule has 1 saturated carbocycles. The van der Waals surface area contributed by atoms with Gasteiger partial charge >= 0.3 is 7.82 Å². The number of hydrogen-bond acceptors (Lipinski definition) is 2. The molecule has 78 valence electrons. The average Bonchev–Trinajstić information content (AvgIpc) is 2.02. The van der Waals surface area contributed by atoms with Gasteiger partial charge in [-0.15, -0.1) is 0 Å². The fourth-order valence-electron chi connectivity index (χ4n) is 1.96. The number of hydrogen-bond donors (Lipinski definition) is 2. The average molecular weight is 208 g/mol. The molecule has 0 aromatic rings. The van der Waals surface area contributed by atoms with Gasteiger partial charge in [0.25, 0.3) is 0 Å². The summed E-state index contributed by atoms with van der Waals surface area (Å²) in [5, 5.41) is 0. The number of rotatable bonds is 3. The van der Waals surface area contributed by atoms with E-state index in [0.29, 0.717) is 5.92 Å². The molecule has 1 aliphatic rings. The molecule has 0 amide bonds. The van der Waals surface area contributed by atoms with E-state index in [9.17, 15) is 4.57 Å². The second-order valence-electron chi connectivity index (χ2n) is 3.59. The van der Waals surface area contributed by atoms with Crippen LogP contribution in [0.15, 0.2) is 0 Å². The van der Waals surface area contributed by atoms with Gasteiger partial charge in [0.1, 0.15) is 0 Å². The van der Waals surface area contributed by atoms with Gasteiger partial charge in [-0.25, -0.2) is 4.57 Å². The Labute approximate surface area is 78.5 Å². The molecule has 1 fully saturated rings. The monoisotopic (exact) mass is 208 g/mol. The molecular weight excluding hydrogens is 191 g/mol. The van der Waals surface area contributed by atoms with Crippen LogP contribution in [0.3, 0.4) is 0 Å². The fraction of sp³-hybridized carbons (Fsp3) is 1.00. The predicted molar refractivity (Wildman–Crippen MR) is 49.2 cm³/mol. The van der Waals surface area contributed by atoms with Crippen LogP contribution in [0.5, 0.6) is 0 Å². The molecule has 0 bridgehead atoms. The van der Waals surface area contributed by atoms with Crippen molar-refractivity contribution in [3.8, 4) is 0 Å². The van der Waals surface area contributed by atoms with Crippen molar-refractivity contribution in [1.29, 1.82) is 0 Å². The molecule has 0 aromatic carbocycles. The van der Waals surface area contributed by atoms with Gasteiger partial charge in [-0.2, -0.15) is 0 Å². The normalized spacial score (nSPS) is 30.4. The lowest BCUT2D eigenvalue weighted by Crippen LogP contribution is -2.26. The summed E-state index contributed by atoms with van der Waals surface area (Å²) in [6.45, 7) is 2.03. The maximum absolute atomic E-state index is 10.6. The largest absolute Gasteiger partial charge is 0.469 e. The first kappa shape index (κ1) is 11.2. The Morgan fingerprint density at radius 3 is 2.54 bits per heavy atom.